The molecule has 0 saturated carbocycles. The van der Waals surface area contributed by atoms with E-state index in [1.807, 2.05) is 42.6 Å². The summed E-state index contributed by atoms with van der Waals surface area (Å²) in [5, 5.41) is 0. The van der Waals surface area contributed by atoms with Crippen LogP contribution in [-0.2, 0) is 10.0 Å². The van der Waals surface area contributed by atoms with E-state index in [1.54, 1.807) is 71.6 Å². The Kier molecular flexibility index (Phi) is 6.05. The lowest BCUT2D eigenvalue weighted by Crippen LogP contribution is -2.10. The molecule has 4 rings (SSSR count). The molecule has 0 amide bonds. The maximum atomic E-state index is 12.9. The highest BCUT2D eigenvalue weighted by Crippen LogP contribution is 2.63. The smallest absolute Gasteiger partial charge is 0.247 e. The fourth-order valence-corrected chi connectivity index (χ4v) is 11.6. The average Bonchev–Trinajstić information content (AvgIpc) is 3.34. The zero-order valence-electron chi connectivity index (χ0n) is 14.6. The monoisotopic (exact) mass is 489 g/mol. The van der Waals surface area contributed by atoms with Crippen molar-refractivity contribution in [3.63, 3.8) is 0 Å². The Hall–Kier alpha value is 0.0300. The standard InChI is InChI=1S/C17H15NO2S7/c1-10-4-6-11(7-5-10)27(19,20)18-8-12-13(9-18)24-16(23-12)17-25-14(21-2)15(22-3)26-17/h4-9H,1-3H3. The van der Waals surface area contributed by atoms with Crippen LogP contribution in [-0.4, -0.2) is 24.9 Å². The Morgan fingerprint density at radius 2 is 1.30 bits per heavy atom. The number of thioether (sulfide) groups is 6. The molecular formula is C17H15NO2S7. The van der Waals surface area contributed by atoms with Crippen LogP contribution in [0.25, 0.3) is 0 Å². The van der Waals surface area contributed by atoms with Gasteiger partial charge in [-0.05, 0) is 31.6 Å². The number of aryl methyl sites for hydroxylation is 1. The van der Waals surface area contributed by atoms with E-state index >= 15 is 0 Å². The summed E-state index contributed by atoms with van der Waals surface area (Å²) in [6.07, 6.45) is 7.68. The first kappa shape index (κ1) is 20.3. The molecule has 0 saturated heterocycles. The van der Waals surface area contributed by atoms with Gasteiger partial charge in [0.15, 0.2) is 0 Å². The lowest BCUT2D eigenvalue weighted by molar-refractivity contribution is 0.587. The molecule has 0 atom stereocenters. The molecule has 2 aliphatic rings. The third kappa shape index (κ3) is 3.91. The molecule has 2 aliphatic heterocycles. The van der Waals surface area contributed by atoms with Gasteiger partial charge < -0.3 is 0 Å². The number of aromatic nitrogens is 1. The number of hydrogen-bond donors (Lipinski definition) is 0. The van der Waals surface area contributed by atoms with Crippen LogP contribution in [0.5, 0.6) is 0 Å². The van der Waals surface area contributed by atoms with Gasteiger partial charge in [0.05, 0.1) is 21.8 Å². The van der Waals surface area contributed by atoms with Gasteiger partial charge in [-0.15, -0.1) is 23.5 Å². The van der Waals surface area contributed by atoms with Gasteiger partial charge >= 0.3 is 0 Å². The second-order valence-corrected chi connectivity index (χ2v) is 14.3. The maximum Gasteiger partial charge on any atom is 0.267 e. The van der Waals surface area contributed by atoms with Crippen LogP contribution < -0.4 is 0 Å². The Morgan fingerprint density at radius 3 is 1.78 bits per heavy atom. The van der Waals surface area contributed by atoms with E-state index in [2.05, 4.69) is 12.5 Å². The van der Waals surface area contributed by atoms with Crippen molar-refractivity contribution >= 4 is 80.6 Å². The Labute approximate surface area is 185 Å². The zero-order valence-corrected chi connectivity index (χ0v) is 20.3. The first-order valence-corrected chi connectivity index (χ1v) is 14.9. The highest BCUT2D eigenvalue weighted by Gasteiger charge is 2.30. The van der Waals surface area contributed by atoms with Crippen LogP contribution in [0.4, 0.5) is 0 Å². The van der Waals surface area contributed by atoms with E-state index in [1.165, 1.54) is 20.9 Å². The Morgan fingerprint density at radius 1 is 0.815 bits per heavy atom. The average molecular weight is 490 g/mol. The molecule has 1 aromatic carbocycles. The van der Waals surface area contributed by atoms with Crippen molar-refractivity contribution in [1.29, 1.82) is 0 Å². The van der Waals surface area contributed by atoms with Gasteiger partial charge in [-0.2, -0.15) is 0 Å². The van der Waals surface area contributed by atoms with E-state index < -0.39 is 10.0 Å². The predicted octanol–water partition coefficient (Wildman–Crippen LogP) is 6.69. The van der Waals surface area contributed by atoms with E-state index in [-0.39, 0.29) is 0 Å². The summed E-state index contributed by atoms with van der Waals surface area (Å²) in [6.45, 7) is 1.95. The molecule has 0 unspecified atom stereocenters. The molecule has 0 N–H and O–H groups in total. The lowest BCUT2D eigenvalue weighted by Gasteiger charge is -2.07. The topological polar surface area (TPSA) is 39.1 Å². The Bertz CT molecular complexity index is 1020. The number of fused-ring (bicyclic) bond motifs is 1. The van der Waals surface area contributed by atoms with Crippen LogP contribution in [0.1, 0.15) is 5.56 Å². The second kappa shape index (κ2) is 8.04. The van der Waals surface area contributed by atoms with Gasteiger partial charge in [-0.3, -0.25) is 0 Å². The second-order valence-electron chi connectivity index (χ2n) is 5.60. The van der Waals surface area contributed by atoms with Crippen molar-refractivity contribution in [2.45, 2.75) is 21.6 Å². The van der Waals surface area contributed by atoms with Crippen molar-refractivity contribution in [3.8, 4) is 0 Å². The molecule has 1 aromatic heterocycles. The number of hydrogen-bond acceptors (Lipinski definition) is 8. The molecule has 0 aliphatic carbocycles. The van der Waals surface area contributed by atoms with Gasteiger partial charge in [0.1, 0.15) is 0 Å². The van der Waals surface area contributed by atoms with Gasteiger partial charge in [-0.1, -0.05) is 64.7 Å². The molecule has 2 aromatic rings. The van der Waals surface area contributed by atoms with Gasteiger partial charge in [0, 0.05) is 22.2 Å². The summed E-state index contributed by atoms with van der Waals surface area (Å²) in [6, 6.07) is 6.97. The molecule has 3 nitrogen and oxygen atoms in total. The quantitative estimate of drug-likeness (QED) is 0.470. The molecule has 27 heavy (non-hydrogen) atoms. The highest BCUT2D eigenvalue weighted by molar-refractivity contribution is 8.41. The molecule has 3 heterocycles. The highest BCUT2D eigenvalue weighted by atomic mass is 32.3. The van der Waals surface area contributed by atoms with E-state index in [4.69, 9.17) is 0 Å². The SMILES string of the molecule is CSC1=C(SC)SC(=C2Sc3cn(S(=O)(=O)c4ccc(C)cc4)cc3S2)S1. The molecule has 0 spiro atoms. The van der Waals surface area contributed by atoms with E-state index in [0.717, 1.165) is 15.4 Å². The van der Waals surface area contributed by atoms with E-state index in [0.29, 0.717) is 4.90 Å². The van der Waals surface area contributed by atoms with E-state index in [9.17, 15) is 8.42 Å². The zero-order chi connectivity index (χ0) is 19.2. The minimum Gasteiger partial charge on any atom is -0.247 e. The van der Waals surface area contributed by atoms with Crippen LogP contribution in [0.15, 0.2) is 68.3 Å². The summed E-state index contributed by atoms with van der Waals surface area (Å²) < 4.78 is 32.3. The summed E-state index contributed by atoms with van der Waals surface area (Å²) in [5.74, 6) is 0. The van der Waals surface area contributed by atoms with Crippen molar-refractivity contribution in [2.75, 3.05) is 12.5 Å². The van der Waals surface area contributed by atoms with Crippen molar-refractivity contribution in [1.82, 2.24) is 3.97 Å². The van der Waals surface area contributed by atoms with Gasteiger partial charge in [0.2, 0.25) is 0 Å². The van der Waals surface area contributed by atoms with Gasteiger partial charge in [-0.25, -0.2) is 12.4 Å². The summed E-state index contributed by atoms with van der Waals surface area (Å²) in [4.78, 5) is 2.32. The molecule has 10 heteroatoms. The first-order chi connectivity index (χ1) is 12.9. The summed E-state index contributed by atoms with van der Waals surface area (Å²) >= 11 is 10.5. The number of nitrogens with zero attached hydrogens (tertiary/aromatic N) is 1. The minimum atomic E-state index is -3.55. The normalized spacial score (nSPS) is 17.1. The molecular weight excluding hydrogens is 475 g/mol. The van der Waals surface area contributed by atoms with Crippen molar-refractivity contribution in [2.24, 2.45) is 0 Å². The van der Waals surface area contributed by atoms with Crippen LogP contribution in [0.2, 0.25) is 0 Å². The van der Waals surface area contributed by atoms with Gasteiger partial charge in [0.25, 0.3) is 10.0 Å². The minimum absolute atomic E-state index is 0.315. The molecule has 0 radical (unpaired) electrons. The number of rotatable bonds is 4. The van der Waals surface area contributed by atoms with Crippen LogP contribution >= 0.6 is 70.6 Å². The van der Waals surface area contributed by atoms with Crippen LogP contribution in [0.3, 0.4) is 0 Å². The molecule has 0 fully saturated rings. The predicted molar refractivity (Wildman–Crippen MR) is 126 cm³/mol. The summed E-state index contributed by atoms with van der Waals surface area (Å²) in [5.41, 5.74) is 1.04. The summed E-state index contributed by atoms with van der Waals surface area (Å²) in [7, 11) is -3.55. The molecule has 0 bridgehead atoms. The molecule has 142 valence electrons. The fraction of sp³-hybridized carbons (Fsp3) is 0.176. The third-order valence-corrected chi connectivity index (χ3v) is 13.7. The number of benzene rings is 1. The van der Waals surface area contributed by atoms with Crippen LogP contribution in [0, 0.1) is 6.92 Å². The van der Waals surface area contributed by atoms with Crippen molar-refractivity contribution in [3.05, 3.63) is 59.2 Å². The van der Waals surface area contributed by atoms with Crippen molar-refractivity contribution < 1.29 is 8.42 Å². The Balaban J connectivity index is 1.58. The first-order valence-electron chi connectivity index (χ1n) is 7.74. The maximum absolute atomic E-state index is 12.9. The third-order valence-electron chi connectivity index (χ3n) is 3.81. The fourth-order valence-electron chi connectivity index (χ4n) is 2.43. The largest absolute Gasteiger partial charge is 0.267 e. The lowest BCUT2D eigenvalue weighted by atomic mass is 10.2.